The lowest BCUT2D eigenvalue weighted by molar-refractivity contribution is 0.0973. The monoisotopic (exact) mass is 293 g/mol. The highest BCUT2D eigenvalue weighted by atomic mass is 35.5. The van der Waals surface area contributed by atoms with Gasteiger partial charge in [0.2, 0.25) is 0 Å². The second-order valence-electron chi connectivity index (χ2n) is 4.85. The van der Waals surface area contributed by atoms with Crippen LogP contribution in [0.2, 0.25) is 10.0 Å². The van der Waals surface area contributed by atoms with Gasteiger partial charge in [-0.05, 0) is 30.5 Å². The normalized spacial score (nSPS) is 14.5. The number of aryl methyl sites for hydroxylation is 1. The summed E-state index contributed by atoms with van der Waals surface area (Å²) in [5.41, 5.74) is 2.89. The maximum absolute atomic E-state index is 11.8. The lowest BCUT2D eigenvalue weighted by atomic mass is 9.95. The van der Waals surface area contributed by atoms with Crippen molar-refractivity contribution in [1.82, 2.24) is 4.57 Å². The molecule has 1 aromatic carbocycles. The molecule has 0 bridgehead atoms. The fourth-order valence-electron chi connectivity index (χ4n) is 2.54. The highest BCUT2D eigenvalue weighted by Crippen LogP contribution is 2.27. The summed E-state index contributed by atoms with van der Waals surface area (Å²) < 4.78 is 2.00. The third-order valence-corrected chi connectivity index (χ3v) is 4.22. The molecule has 0 unspecified atom stereocenters. The Kier molecular flexibility index (Phi) is 3.38. The molecule has 1 heterocycles. The predicted octanol–water partition coefficient (Wildman–Crippen LogP) is 4.36. The van der Waals surface area contributed by atoms with E-state index >= 15 is 0 Å². The first-order valence-corrected chi connectivity index (χ1v) is 7.05. The van der Waals surface area contributed by atoms with Crippen molar-refractivity contribution in [3.8, 4) is 0 Å². The van der Waals surface area contributed by atoms with Crippen molar-refractivity contribution < 1.29 is 4.79 Å². The third-order valence-electron chi connectivity index (χ3n) is 3.52. The summed E-state index contributed by atoms with van der Waals surface area (Å²) in [6, 6.07) is 5.49. The van der Waals surface area contributed by atoms with Gasteiger partial charge < -0.3 is 4.57 Å². The van der Waals surface area contributed by atoms with Crippen molar-refractivity contribution in [2.75, 3.05) is 0 Å². The number of carbonyl (C=O) groups is 1. The number of ketones is 1. The zero-order valence-corrected chi connectivity index (χ0v) is 11.8. The van der Waals surface area contributed by atoms with Gasteiger partial charge in [0.25, 0.3) is 0 Å². The molecule has 1 aromatic heterocycles. The maximum Gasteiger partial charge on any atom is 0.164 e. The summed E-state index contributed by atoms with van der Waals surface area (Å²) in [5.74, 6) is 0.241. The van der Waals surface area contributed by atoms with Gasteiger partial charge in [0.15, 0.2) is 5.78 Å². The van der Waals surface area contributed by atoms with E-state index in [1.807, 2.05) is 35.2 Å². The van der Waals surface area contributed by atoms with Gasteiger partial charge in [0, 0.05) is 46.5 Å². The topological polar surface area (TPSA) is 22.0 Å². The highest BCUT2D eigenvalue weighted by molar-refractivity contribution is 6.35. The zero-order chi connectivity index (χ0) is 13.4. The molecule has 0 aliphatic heterocycles. The summed E-state index contributed by atoms with van der Waals surface area (Å²) in [6.07, 6.45) is 6.53. The van der Waals surface area contributed by atoms with E-state index in [4.69, 9.17) is 23.2 Å². The van der Waals surface area contributed by atoms with Crippen LogP contribution in [0, 0.1) is 0 Å². The minimum absolute atomic E-state index is 0.241. The van der Waals surface area contributed by atoms with Crippen LogP contribution in [0.4, 0.5) is 0 Å². The second-order valence-corrected chi connectivity index (χ2v) is 5.66. The molecule has 0 saturated heterocycles. The zero-order valence-electron chi connectivity index (χ0n) is 10.3. The number of nitrogens with zero attached hydrogens (tertiary/aromatic N) is 1. The van der Waals surface area contributed by atoms with Crippen LogP contribution < -0.4 is 0 Å². The molecule has 0 N–H and O–H groups in total. The van der Waals surface area contributed by atoms with Crippen LogP contribution in [0.1, 0.15) is 34.3 Å². The Labute approximate surface area is 121 Å². The van der Waals surface area contributed by atoms with Crippen LogP contribution in [-0.2, 0) is 13.0 Å². The summed E-state index contributed by atoms with van der Waals surface area (Å²) in [4.78, 5) is 11.8. The van der Waals surface area contributed by atoms with Crippen molar-refractivity contribution in [1.29, 1.82) is 0 Å². The fourth-order valence-corrected chi connectivity index (χ4v) is 3.05. The molecule has 1 aliphatic carbocycles. The average molecular weight is 294 g/mol. The Hall–Kier alpha value is -1.25. The average Bonchev–Trinajstić information content (AvgIpc) is 2.78. The van der Waals surface area contributed by atoms with Crippen LogP contribution in [0.5, 0.6) is 0 Å². The number of hydrogen-bond donors (Lipinski definition) is 0. The van der Waals surface area contributed by atoms with Crippen molar-refractivity contribution in [2.45, 2.75) is 25.8 Å². The summed E-state index contributed by atoms with van der Waals surface area (Å²) in [7, 11) is 0. The molecule has 3 rings (SSSR count). The molecule has 0 radical (unpaired) electrons. The van der Waals surface area contributed by atoms with Gasteiger partial charge in [-0.1, -0.05) is 29.3 Å². The molecular formula is C15H13Cl2NO. The Morgan fingerprint density at radius 2 is 1.84 bits per heavy atom. The summed E-state index contributed by atoms with van der Waals surface area (Å²) in [5, 5.41) is 1.32. The number of rotatable bonds is 2. The number of aromatic nitrogens is 1. The van der Waals surface area contributed by atoms with E-state index in [0.29, 0.717) is 23.0 Å². The number of benzene rings is 1. The molecule has 2 aromatic rings. The Morgan fingerprint density at radius 1 is 1.11 bits per heavy atom. The molecule has 0 amide bonds. The van der Waals surface area contributed by atoms with Gasteiger partial charge >= 0.3 is 0 Å². The van der Waals surface area contributed by atoms with Gasteiger partial charge in [-0.15, -0.1) is 0 Å². The number of fused-ring (bicyclic) bond motifs is 1. The molecule has 0 saturated carbocycles. The predicted molar refractivity (Wildman–Crippen MR) is 77.3 cm³/mol. The summed E-state index contributed by atoms with van der Waals surface area (Å²) in [6.45, 7) is 0.596. The first-order chi connectivity index (χ1) is 9.15. The van der Waals surface area contributed by atoms with Crippen LogP contribution in [0.15, 0.2) is 30.6 Å². The maximum atomic E-state index is 11.8. The van der Waals surface area contributed by atoms with Gasteiger partial charge in [-0.25, -0.2) is 0 Å². The van der Waals surface area contributed by atoms with E-state index in [2.05, 4.69) is 0 Å². The lowest BCUT2D eigenvalue weighted by Gasteiger charge is -2.07. The van der Waals surface area contributed by atoms with Gasteiger partial charge in [-0.3, -0.25) is 4.79 Å². The Balaban J connectivity index is 1.94. The first-order valence-electron chi connectivity index (χ1n) is 6.30. The quantitative estimate of drug-likeness (QED) is 0.806. The standard InChI is InChI=1S/C15H13Cl2NO/c16-13-4-2-5-14(17)12(13)9-18-7-10-3-1-6-15(19)11(10)8-18/h2,4-5,7-8H,1,3,6,9H2. The molecule has 0 fully saturated rings. The largest absolute Gasteiger partial charge is 0.349 e. The van der Waals surface area contributed by atoms with Gasteiger partial charge in [-0.2, -0.15) is 0 Å². The van der Waals surface area contributed by atoms with Crippen molar-refractivity contribution in [2.24, 2.45) is 0 Å². The van der Waals surface area contributed by atoms with Crippen molar-refractivity contribution >= 4 is 29.0 Å². The minimum atomic E-state index is 0.241. The molecule has 0 spiro atoms. The van der Waals surface area contributed by atoms with Crippen LogP contribution in [0.3, 0.4) is 0 Å². The fraction of sp³-hybridized carbons (Fsp3) is 0.267. The van der Waals surface area contributed by atoms with E-state index in [0.717, 1.165) is 29.5 Å². The third kappa shape index (κ3) is 2.43. The lowest BCUT2D eigenvalue weighted by Crippen LogP contribution is -2.07. The van der Waals surface area contributed by atoms with E-state index in [9.17, 15) is 4.79 Å². The van der Waals surface area contributed by atoms with E-state index in [-0.39, 0.29) is 5.78 Å². The Morgan fingerprint density at radius 3 is 2.53 bits per heavy atom. The number of hydrogen-bond acceptors (Lipinski definition) is 1. The molecule has 2 nitrogen and oxygen atoms in total. The number of halogens is 2. The minimum Gasteiger partial charge on any atom is -0.349 e. The van der Waals surface area contributed by atoms with Gasteiger partial charge in [0.05, 0.1) is 0 Å². The van der Waals surface area contributed by atoms with Gasteiger partial charge in [0.1, 0.15) is 0 Å². The molecule has 1 aliphatic rings. The smallest absolute Gasteiger partial charge is 0.164 e. The highest BCUT2D eigenvalue weighted by Gasteiger charge is 2.19. The molecule has 0 atom stereocenters. The number of carbonyl (C=O) groups excluding carboxylic acids is 1. The van der Waals surface area contributed by atoms with Crippen LogP contribution in [-0.4, -0.2) is 10.4 Å². The SMILES string of the molecule is O=C1CCCc2cn(Cc3c(Cl)cccc3Cl)cc21. The second kappa shape index (κ2) is 5.03. The van der Waals surface area contributed by atoms with E-state index < -0.39 is 0 Å². The van der Waals surface area contributed by atoms with Crippen LogP contribution >= 0.6 is 23.2 Å². The van der Waals surface area contributed by atoms with Crippen molar-refractivity contribution in [3.05, 3.63) is 57.3 Å². The molecular weight excluding hydrogens is 281 g/mol. The first kappa shape index (κ1) is 12.8. The molecule has 19 heavy (non-hydrogen) atoms. The summed E-state index contributed by atoms with van der Waals surface area (Å²) >= 11 is 12.3. The van der Waals surface area contributed by atoms with Crippen molar-refractivity contribution in [3.63, 3.8) is 0 Å². The molecule has 98 valence electrons. The molecule has 4 heteroatoms. The van der Waals surface area contributed by atoms with Crippen LogP contribution in [0.25, 0.3) is 0 Å². The Bertz CT molecular complexity index is 625. The number of Topliss-reactive ketones (excluding diaryl/α,β-unsaturated/α-hetero) is 1. The van der Waals surface area contributed by atoms with E-state index in [1.165, 1.54) is 0 Å². The van der Waals surface area contributed by atoms with E-state index in [1.54, 1.807) is 0 Å².